The molecule has 0 aliphatic heterocycles. The van der Waals surface area contributed by atoms with Crippen LogP contribution >= 0.6 is 11.3 Å². The molecule has 1 heterocycles. The molecule has 0 bridgehead atoms. The fourth-order valence-electron chi connectivity index (χ4n) is 3.16. The van der Waals surface area contributed by atoms with E-state index in [4.69, 9.17) is 4.98 Å². The highest BCUT2D eigenvalue weighted by molar-refractivity contribution is 7.15. The van der Waals surface area contributed by atoms with Crippen LogP contribution in [-0.2, 0) is 6.42 Å². The van der Waals surface area contributed by atoms with Gasteiger partial charge in [0.15, 0.2) is 5.13 Å². The number of nitrogens with zero attached hydrogens (tertiary/aromatic N) is 2. The molecule has 100 valence electrons. The van der Waals surface area contributed by atoms with Crippen molar-refractivity contribution in [2.24, 2.45) is 0 Å². The second-order valence-corrected chi connectivity index (χ2v) is 6.68. The van der Waals surface area contributed by atoms with Crippen molar-refractivity contribution in [1.29, 1.82) is 0 Å². The lowest BCUT2D eigenvalue weighted by Crippen LogP contribution is -2.33. The second-order valence-electron chi connectivity index (χ2n) is 5.62. The summed E-state index contributed by atoms with van der Waals surface area (Å²) in [5.74, 6) is 0. The number of aliphatic hydroxyl groups is 1. The molecule has 0 radical (unpaired) electrons. The number of aromatic nitrogens is 1. The van der Waals surface area contributed by atoms with Crippen LogP contribution in [0.4, 0.5) is 5.13 Å². The Labute approximate surface area is 113 Å². The van der Waals surface area contributed by atoms with E-state index >= 15 is 0 Å². The molecule has 3 rings (SSSR count). The Hall–Kier alpha value is -0.610. The fourth-order valence-corrected chi connectivity index (χ4v) is 4.35. The summed E-state index contributed by atoms with van der Waals surface area (Å²) in [6.07, 6.45) is 9.43. The average Bonchev–Trinajstić information content (AvgIpc) is 2.84. The van der Waals surface area contributed by atoms with Gasteiger partial charge in [-0.15, -0.1) is 11.3 Å². The summed E-state index contributed by atoms with van der Waals surface area (Å²) in [7, 11) is 2.17. The highest BCUT2D eigenvalue weighted by atomic mass is 32.1. The molecule has 1 atom stereocenters. The lowest BCUT2D eigenvalue weighted by molar-refractivity contribution is 0.153. The molecule has 1 N–H and O–H groups in total. The fraction of sp³-hybridized carbons (Fsp3) is 0.786. The molecule has 3 nitrogen and oxygen atoms in total. The number of thiazole rings is 1. The Kier molecular flexibility index (Phi) is 3.57. The first-order valence-electron chi connectivity index (χ1n) is 7.16. The third-order valence-corrected chi connectivity index (χ3v) is 5.56. The molecule has 1 aromatic rings. The van der Waals surface area contributed by atoms with Gasteiger partial charge in [0.25, 0.3) is 0 Å². The van der Waals surface area contributed by atoms with E-state index < -0.39 is 0 Å². The standard InChI is InChI=1S/C14H22N2OS/c1-16(10-6-3-2-4-7-10)14-15-13-11(17)8-5-9-12(13)18-14/h10-11,17H,2-9H2,1H3. The van der Waals surface area contributed by atoms with Gasteiger partial charge in [-0.25, -0.2) is 4.98 Å². The molecule has 0 saturated heterocycles. The van der Waals surface area contributed by atoms with Crippen LogP contribution in [0.1, 0.15) is 61.6 Å². The van der Waals surface area contributed by atoms with Gasteiger partial charge in [-0.3, -0.25) is 0 Å². The van der Waals surface area contributed by atoms with Crippen molar-refractivity contribution in [3.63, 3.8) is 0 Å². The molecule has 1 unspecified atom stereocenters. The number of aryl methyl sites for hydroxylation is 1. The first-order chi connectivity index (χ1) is 8.75. The first-order valence-corrected chi connectivity index (χ1v) is 7.98. The number of aliphatic hydroxyl groups excluding tert-OH is 1. The predicted octanol–water partition coefficient (Wildman–Crippen LogP) is 3.28. The van der Waals surface area contributed by atoms with E-state index in [2.05, 4.69) is 11.9 Å². The Morgan fingerprint density at radius 3 is 2.67 bits per heavy atom. The number of fused-ring (bicyclic) bond motifs is 1. The van der Waals surface area contributed by atoms with E-state index in [0.29, 0.717) is 6.04 Å². The van der Waals surface area contributed by atoms with Gasteiger partial charge in [0, 0.05) is 18.0 Å². The van der Waals surface area contributed by atoms with Crippen molar-refractivity contribution in [3.05, 3.63) is 10.6 Å². The monoisotopic (exact) mass is 266 g/mol. The third-order valence-electron chi connectivity index (χ3n) is 4.34. The van der Waals surface area contributed by atoms with Crippen molar-refractivity contribution in [2.75, 3.05) is 11.9 Å². The van der Waals surface area contributed by atoms with E-state index in [1.54, 1.807) is 11.3 Å². The minimum absolute atomic E-state index is 0.321. The van der Waals surface area contributed by atoms with E-state index in [0.717, 1.165) is 30.1 Å². The van der Waals surface area contributed by atoms with Crippen molar-refractivity contribution in [2.45, 2.75) is 63.5 Å². The number of rotatable bonds is 2. The summed E-state index contributed by atoms with van der Waals surface area (Å²) in [5.41, 5.74) is 0.962. The summed E-state index contributed by atoms with van der Waals surface area (Å²) in [5, 5.41) is 11.1. The Morgan fingerprint density at radius 1 is 1.17 bits per heavy atom. The van der Waals surface area contributed by atoms with Crippen LogP contribution in [0.25, 0.3) is 0 Å². The van der Waals surface area contributed by atoms with Gasteiger partial charge in [-0.1, -0.05) is 19.3 Å². The lowest BCUT2D eigenvalue weighted by atomic mass is 9.95. The molecule has 1 saturated carbocycles. The van der Waals surface area contributed by atoms with Crippen LogP contribution in [0.5, 0.6) is 0 Å². The zero-order valence-corrected chi connectivity index (χ0v) is 11.9. The molecule has 0 amide bonds. The summed E-state index contributed by atoms with van der Waals surface area (Å²) >= 11 is 1.80. The molecule has 0 aromatic carbocycles. The second kappa shape index (κ2) is 5.17. The SMILES string of the molecule is CN(c1nc2c(s1)CCCC2O)C1CCCCC1. The van der Waals surface area contributed by atoms with E-state index in [1.807, 2.05) is 0 Å². The van der Waals surface area contributed by atoms with Gasteiger partial charge >= 0.3 is 0 Å². The lowest BCUT2D eigenvalue weighted by Gasteiger charge is -2.30. The van der Waals surface area contributed by atoms with Gasteiger partial charge in [0.05, 0.1) is 11.8 Å². The maximum Gasteiger partial charge on any atom is 0.185 e. The van der Waals surface area contributed by atoms with Gasteiger partial charge in [-0.2, -0.15) is 0 Å². The largest absolute Gasteiger partial charge is 0.387 e. The van der Waals surface area contributed by atoms with Crippen molar-refractivity contribution in [1.82, 2.24) is 4.98 Å². The molecule has 1 fully saturated rings. The summed E-state index contributed by atoms with van der Waals surface area (Å²) in [6.45, 7) is 0. The molecule has 18 heavy (non-hydrogen) atoms. The molecular formula is C14H22N2OS. The smallest absolute Gasteiger partial charge is 0.185 e. The van der Waals surface area contributed by atoms with Crippen LogP contribution < -0.4 is 4.90 Å². The topological polar surface area (TPSA) is 36.4 Å². The van der Waals surface area contributed by atoms with Crippen molar-refractivity contribution >= 4 is 16.5 Å². The minimum Gasteiger partial charge on any atom is -0.387 e. The predicted molar refractivity (Wildman–Crippen MR) is 75.3 cm³/mol. The van der Waals surface area contributed by atoms with Crippen molar-refractivity contribution in [3.8, 4) is 0 Å². The van der Waals surface area contributed by atoms with Crippen LogP contribution in [0.15, 0.2) is 0 Å². The van der Waals surface area contributed by atoms with E-state index in [1.165, 1.54) is 37.0 Å². The van der Waals surface area contributed by atoms with Gasteiger partial charge in [0.1, 0.15) is 0 Å². The maximum absolute atomic E-state index is 9.99. The molecule has 2 aliphatic rings. The normalized spacial score (nSPS) is 24.9. The summed E-state index contributed by atoms with van der Waals surface area (Å²) in [4.78, 5) is 8.37. The van der Waals surface area contributed by atoms with Crippen LogP contribution in [0.2, 0.25) is 0 Å². The van der Waals surface area contributed by atoms with Crippen LogP contribution in [0, 0.1) is 0 Å². The Balaban J connectivity index is 1.79. The molecule has 0 spiro atoms. The highest BCUT2D eigenvalue weighted by Gasteiger charge is 2.26. The summed E-state index contributed by atoms with van der Waals surface area (Å²) < 4.78 is 0. The molecule has 2 aliphatic carbocycles. The van der Waals surface area contributed by atoms with E-state index in [9.17, 15) is 5.11 Å². The first kappa shape index (κ1) is 12.4. The van der Waals surface area contributed by atoms with Crippen LogP contribution in [0.3, 0.4) is 0 Å². The summed E-state index contributed by atoms with van der Waals surface area (Å²) in [6, 6.07) is 0.656. The number of hydrogen-bond acceptors (Lipinski definition) is 4. The molecular weight excluding hydrogens is 244 g/mol. The van der Waals surface area contributed by atoms with Crippen LogP contribution in [-0.4, -0.2) is 23.2 Å². The van der Waals surface area contributed by atoms with Gasteiger partial charge in [-0.05, 0) is 32.1 Å². The van der Waals surface area contributed by atoms with Gasteiger partial charge in [0.2, 0.25) is 0 Å². The highest BCUT2D eigenvalue weighted by Crippen LogP contribution is 2.37. The van der Waals surface area contributed by atoms with Gasteiger partial charge < -0.3 is 10.0 Å². The number of hydrogen-bond donors (Lipinski definition) is 1. The zero-order chi connectivity index (χ0) is 12.5. The van der Waals surface area contributed by atoms with Crippen molar-refractivity contribution < 1.29 is 5.11 Å². The average molecular weight is 266 g/mol. The maximum atomic E-state index is 9.99. The molecule has 1 aromatic heterocycles. The third kappa shape index (κ3) is 2.28. The zero-order valence-electron chi connectivity index (χ0n) is 11.1. The van der Waals surface area contributed by atoms with E-state index in [-0.39, 0.29) is 6.10 Å². The minimum atomic E-state index is -0.321. The quantitative estimate of drug-likeness (QED) is 0.892. The Morgan fingerprint density at radius 2 is 1.94 bits per heavy atom. The molecule has 4 heteroatoms. The Bertz CT molecular complexity index is 412. The number of anilines is 1.